The highest BCUT2D eigenvalue weighted by atomic mass is 31.2. The van der Waals surface area contributed by atoms with Crippen molar-refractivity contribution in [3.8, 4) is 0 Å². The molecule has 0 bridgehead atoms. The van der Waals surface area contributed by atoms with Gasteiger partial charge >= 0.3 is 20.9 Å². The van der Waals surface area contributed by atoms with Gasteiger partial charge in [-0.15, -0.1) is 0 Å². The van der Waals surface area contributed by atoms with Crippen LogP contribution in [0.3, 0.4) is 0 Å². The van der Waals surface area contributed by atoms with E-state index in [9.17, 15) is 13.9 Å². The van der Waals surface area contributed by atoms with Crippen LogP contribution in [0.15, 0.2) is 0 Å². The predicted octanol–water partition coefficient (Wildman–Crippen LogP) is 0.995. The second-order valence-corrected chi connectivity index (χ2v) is 7.09. The van der Waals surface area contributed by atoms with Crippen molar-refractivity contribution in [2.45, 2.75) is 31.5 Å². The molecule has 0 aromatic rings. The zero-order chi connectivity index (χ0) is 13.3. The van der Waals surface area contributed by atoms with Gasteiger partial charge in [-0.05, 0) is 12.8 Å². The topological polar surface area (TPSA) is 141 Å². The summed E-state index contributed by atoms with van der Waals surface area (Å²) in [6.07, 6.45) is 2.41. The van der Waals surface area contributed by atoms with Crippen LogP contribution in [0.5, 0.6) is 0 Å². The molecule has 17 heavy (non-hydrogen) atoms. The molecule has 100 valence electrons. The molecule has 1 rings (SSSR count). The van der Waals surface area contributed by atoms with Gasteiger partial charge in [-0.3, -0.25) is 4.57 Å². The first kappa shape index (κ1) is 14.8. The van der Waals surface area contributed by atoms with Gasteiger partial charge in [-0.2, -0.15) is 0 Å². The molecule has 0 aromatic heterocycles. The lowest BCUT2D eigenvalue weighted by atomic mass is 10.1. The summed E-state index contributed by atoms with van der Waals surface area (Å²) < 4.78 is 26.0. The maximum Gasteiger partial charge on any atom is 0.433 e. The summed E-state index contributed by atoms with van der Waals surface area (Å²) in [4.78, 5) is 46.1. The fourth-order valence-electron chi connectivity index (χ4n) is 1.85. The Morgan fingerprint density at radius 1 is 1.12 bits per heavy atom. The summed E-state index contributed by atoms with van der Waals surface area (Å²) in [5.41, 5.74) is -1.89. The largest absolute Gasteiger partial charge is 0.440 e. The molecular formula is C7H14O8P2. The molecule has 0 radical (unpaired) electrons. The molecule has 0 saturated heterocycles. The van der Waals surface area contributed by atoms with E-state index in [4.69, 9.17) is 19.6 Å². The van der Waals surface area contributed by atoms with Crippen LogP contribution in [0.2, 0.25) is 0 Å². The first-order valence-corrected chi connectivity index (χ1v) is 8.23. The number of carbonyl (C=O) groups excluding carboxylic acids is 1. The Morgan fingerprint density at radius 3 is 1.94 bits per heavy atom. The van der Waals surface area contributed by atoms with Crippen LogP contribution in [-0.2, 0) is 13.9 Å². The Kier molecular flexibility index (Phi) is 4.52. The molecule has 0 aliphatic heterocycles. The Morgan fingerprint density at radius 2 is 1.59 bits per heavy atom. The highest BCUT2D eigenvalue weighted by molar-refractivity contribution is 7.69. The van der Waals surface area contributed by atoms with Crippen LogP contribution < -0.4 is 0 Å². The molecule has 1 aliphatic carbocycles. The summed E-state index contributed by atoms with van der Waals surface area (Å²) in [5.74, 6) is -2.31. The van der Waals surface area contributed by atoms with E-state index < -0.39 is 32.7 Å². The monoisotopic (exact) mass is 288 g/mol. The lowest BCUT2D eigenvalue weighted by Gasteiger charge is -2.24. The summed E-state index contributed by atoms with van der Waals surface area (Å²) in [7, 11) is -9.86. The van der Waals surface area contributed by atoms with E-state index in [1.807, 2.05) is 0 Å². The Labute approximate surface area is 97.3 Å². The summed E-state index contributed by atoms with van der Waals surface area (Å²) >= 11 is 0. The molecule has 1 saturated carbocycles. The third-order valence-corrected chi connectivity index (χ3v) is 4.37. The molecular weight excluding hydrogens is 274 g/mol. The lowest BCUT2D eigenvalue weighted by molar-refractivity contribution is 0.104. The first-order chi connectivity index (χ1) is 7.62. The van der Waals surface area contributed by atoms with E-state index in [1.165, 1.54) is 0 Å². The molecule has 0 aromatic carbocycles. The minimum atomic E-state index is -5.12. The minimum absolute atomic E-state index is 0.463. The molecule has 1 aliphatic rings. The van der Waals surface area contributed by atoms with E-state index in [0.29, 0.717) is 12.8 Å². The number of carbonyl (C=O) groups is 1. The van der Waals surface area contributed by atoms with E-state index in [1.54, 1.807) is 0 Å². The highest BCUT2D eigenvalue weighted by Gasteiger charge is 2.43. The fourth-order valence-corrected chi connectivity index (χ4v) is 3.27. The molecule has 0 amide bonds. The van der Waals surface area contributed by atoms with Crippen LogP contribution in [0, 0.1) is 5.92 Å². The van der Waals surface area contributed by atoms with Gasteiger partial charge in [0.15, 0.2) is 0 Å². The second kappa shape index (κ2) is 5.18. The number of hydrogen-bond acceptors (Lipinski definition) is 4. The number of ether oxygens (including phenoxy) is 1. The van der Waals surface area contributed by atoms with E-state index >= 15 is 0 Å². The summed E-state index contributed by atoms with van der Waals surface area (Å²) in [6.45, 7) is 0. The first-order valence-electron chi connectivity index (χ1n) is 4.94. The van der Waals surface area contributed by atoms with Gasteiger partial charge in [0.25, 0.3) is 0 Å². The van der Waals surface area contributed by atoms with Gasteiger partial charge in [0.1, 0.15) is 0 Å². The van der Waals surface area contributed by atoms with Gasteiger partial charge in [-0.25, -0.2) is 9.36 Å². The van der Waals surface area contributed by atoms with Crippen LogP contribution >= 0.6 is 15.2 Å². The van der Waals surface area contributed by atoms with Crippen LogP contribution in [0.4, 0.5) is 4.79 Å². The SMILES string of the molecule is O=C(OC(C1CCCC1)P(=O)(O)O)P(=O)(O)O. The summed E-state index contributed by atoms with van der Waals surface area (Å²) in [5, 5.41) is 0. The van der Waals surface area contributed by atoms with Crippen molar-refractivity contribution < 1.29 is 38.2 Å². The van der Waals surface area contributed by atoms with Crippen molar-refractivity contribution in [3.05, 3.63) is 0 Å². The van der Waals surface area contributed by atoms with Crippen LogP contribution in [0.1, 0.15) is 25.7 Å². The Bertz CT molecular complexity index is 375. The van der Waals surface area contributed by atoms with Gasteiger partial charge in [0.05, 0.1) is 0 Å². The smallest absolute Gasteiger partial charge is 0.433 e. The molecule has 1 unspecified atom stereocenters. The van der Waals surface area contributed by atoms with Crippen molar-refractivity contribution in [1.29, 1.82) is 0 Å². The third-order valence-electron chi connectivity index (χ3n) is 2.59. The standard InChI is InChI=1S/C7H14O8P2/c8-7(17(12,13)14)15-6(16(9,10)11)5-3-1-2-4-5/h5-6H,1-4H2,(H2,9,10,11)(H2,12,13,14). The third kappa shape index (κ3) is 4.17. The molecule has 1 fully saturated rings. The highest BCUT2D eigenvalue weighted by Crippen LogP contribution is 2.52. The van der Waals surface area contributed by atoms with Gasteiger partial charge in [0.2, 0.25) is 5.85 Å². The van der Waals surface area contributed by atoms with Crippen LogP contribution in [0.25, 0.3) is 0 Å². The maximum atomic E-state index is 11.1. The zero-order valence-electron chi connectivity index (χ0n) is 8.80. The summed E-state index contributed by atoms with van der Waals surface area (Å²) in [6, 6.07) is 0. The van der Waals surface area contributed by atoms with E-state index in [2.05, 4.69) is 4.74 Å². The molecule has 0 spiro atoms. The molecule has 8 nitrogen and oxygen atoms in total. The molecule has 10 heteroatoms. The van der Waals surface area contributed by atoms with Crippen molar-refractivity contribution in [1.82, 2.24) is 0 Å². The lowest BCUT2D eigenvalue weighted by Crippen LogP contribution is -2.25. The zero-order valence-corrected chi connectivity index (χ0v) is 10.6. The Balaban J connectivity index is 2.82. The van der Waals surface area contributed by atoms with Gasteiger partial charge in [-0.1, -0.05) is 12.8 Å². The second-order valence-electron chi connectivity index (χ2n) is 3.95. The number of hydrogen-bond donors (Lipinski definition) is 4. The van der Waals surface area contributed by atoms with Crippen molar-refractivity contribution in [2.75, 3.05) is 0 Å². The number of rotatable bonds is 4. The van der Waals surface area contributed by atoms with E-state index in [0.717, 1.165) is 12.8 Å². The molecule has 1 atom stereocenters. The van der Waals surface area contributed by atoms with Crippen LogP contribution in [-0.4, -0.2) is 31.1 Å². The average Bonchev–Trinajstić information content (AvgIpc) is 2.62. The van der Waals surface area contributed by atoms with E-state index in [-0.39, 0.29) is 0 Å². The minimum Gasteiger partial charge on any atom is -0.440 e. The quantitative estimate of drug-likeness (QED) is 0.561. The molecule has 0 heterocycles. The van der Waals surface area contributed by atoms with Crippen molar-refractivity contribution in [2.24, 2.45) is 5.92 Å². The Hall–Kier alpha value is -0.230. The van der Waals surface area contributed by atoms with Crippen molar-refractivity contribution in [3.63, 3.8) is 0 Å². The predicted molar refractivity (Wildman–Crippen MR) is 56.3 cm³/mol. The maximum absolute atomic E-state index is 11.1. The normalized spacial score (nSPS) is 20.2. The van der Waals surface area contributed by atoms with Gasteiger partial charge in [0, 0.05) is 5.92 Å². The average molecular weight is 288 g/mol. The van der Waals surface area contributed by atoms with Crippen molar-refractivity contribution >= 4 is 20.9 Å². The van der Waals surface area contributed by atoms with Gasteiger partial charge < -0.3 is 24.3 Å². The fraction of sp³-hybridized carbons (Fsp3) is 0.857. The molecule has 4 N–H and O–H groups in total.